The van der Waals surface area contributed by atoms with Crippen molar-refractivity contribution in [2.75, 3.05) is 19.0 Å². The van der Waals surface area contributed by atoms with Crippen molar-refractivity contribution in [2.45, 2.75) is 20.5 Å². The van der Waals surface area contributed by atoms with Gasteiger partial charge < -0.3 is 10.1 Å². The molecule has 0 saturated heterocycles. The summed E-state index contributed by atoms with van der Waals surface area (Å²) in [6.45, 7) is 5.57. The van der Waals surface area contributed by atoms with E-state index in [9.17, 15) is 0 Å². The Balaban J connectivity index is 2.74. The van der Waals surface area contributed by atoms with E-state index in [0.717, 1.165) is 6.61 Å². The van der Waals surface area contributed by atoms with Gasteiger partial charge in [-0.05, 0) is 31.0 Å². The zero-order chi connectivity index (χ0) is 9.68. The van der Waals surface area contributed by atoms with E-state index in [-0.39, 0.29) is 0 Å². The fourth-order valence-corrected chi connectivity index (χ4v) is 1.25. The van der Waals surface area contributed by atoms with E-state index in [1.165, 1.54) is 16.8 Å². The molecule has 2 nitrogen and oxygen atoms in total. The molecule has 0 aliphatic rings. The van der Waals surface area contributed by atoms with Gasteiger partial charge in [0.2, 0.25) is 0 Å². The van der Waals surface area contributed by atoms with E-state index < -0.39 is 0 Å². The molecule has 0 amide bonds. The topological polar surface area (TPSA) is 21.3 Å². The predicted molar refractivity (Wildman–Crippen MR) is 56.1 cm³/mol. The maximum Gasteiger partial charge on any atom is 0.0717 e. The van der Waals surface area contributed by atoms with Gasteiger partial charge in [0.05, 0.1) is 6.61 Å². The van der Waals surface area contributed by atoms with Crippen LogP contribution in [0.3, 0.4) is 0 Å². The van der Waals surface area contributed by atoms with Crippen LogP contribution in [-0.4, -0.2) is 13.7 Å². The maximum absolute atomic E-state index is 5.33. The molecule has 0 aliphatic carbocycles. The quantitative estimate of drug-likeness (QED) is 0.767. The molecule has 1 aromatic carbocycles. The Morgan fingerprint density at radius 1 is 1.38 bits per heavy atom. The molecule has 1 rings (SSSR count). The van der Waals surface area contributed by atoms with Gasteiger partial charge in [-0.15, -0.1) is 0 Å². The van der Waals surface area contributed by atoms with Crippen LogP contribution in [0.15, 0.2) is 18.2 Å². The minimum Gasteiger partial charge on any atom is -0.388 e. The lowest BCUT2D eigenvalue weighted by atomic mass is 10.1. The van der Waals surface area contributed by atoms with E-state index in [1.54, 1.807) is 0 Å². The second kappa shape index (κ2) is 4.87. The van der Waals surface area contributed by atoms with Crippen LogP contribution in [0.4, 0.5) is 5.69 Å². The van der Waals surface area contributed by atoms with E-state index in [4.69, 9.17) is 4.74 Å². The zero-order valence-corrected chi connectivity index (χ0v) is 8.55. The first-order valence-corrected chi connectivity index (χ1v) is 4.63. The van der Waals surface area contributed by atoms with Crippen molar-refractivity contribution in [1.29, 1.82) is 0 Å². The maximum atomic E-state index is 5.33. The number of anilines is 1. The number of nitrogens with one attached hydrogen (secondary N) is 1. The van der Waals surface area contributed by atoms with Crippen molar-refractivity contribution in [3.63, 3.8) is 0 Å². The van der Waals surface area contributed by atoms with Crippen molar-refractivity contribution in [3.8, 4) is 0 Å². The van der Waals surface area contributed by atoms with Gasteiger partial charge in [0, 0.05) is 19.3 Å². The SMILES string of the molecule is CCOCc1ccc(C)c(NC)c1. The van der Waals surface area contributed by atoms with Crippen molar-refractivity contribution in [2.24, 2.45) is 0 Å². The first kappa shape index (κ1) is 10.1. The Kier molecular flexibility index (Phi) is 3.77. The third kappa shape index (κ3) is 2.74. The highest BCUT2D eigenvalue weighted by Crippen LogP contribution is 2.16. The third-order valence-electron chi connectivity index (χ3n) is 2.04. The summed E-state index contributed by atoms with van der Waals surface area (Å²) in [6.07, 6.45) is 0. The van der Waals surface area contributed by atoms with Crippen LogP contribution in [0.5, 0.6) is 0 Å². The minimum atomic E-state index is 0.700. The van der Waals surface area contributed by atoms with Crippen LogP contribution < -0.4 is 5.32 Å². The first-order valence-electron chi connectivity index (χ1n) is 4.63. The second-order valence-corrected chi connectivity index (χ2v) is 3.04. The van der Waals surface area contributed by atoms with Crippen molar-refractivity contribution in [3.05, 3.63) is 29.3 Å². The molecule has 0 spiro atoms. The molecule has 0 radical (unpaired) electrons. The highest BCUT2D eigenvalue weighted by atomic mass is 16.5. The lowest BCUT2D eigenvalue weighted by Crippen LogP contribution is -1.96. The summed E-state index contributed by atoms with van der Waals surface area (Å²) in [7, 11) is 1.94. The van der Waals surface area contributed by atoms with E-state index in [2.05, 4.69) is 30.4 Å². The smallest absolute Gasteiger partial charge is 0.0717 e. The number of benzene rings is 1. The van der Waals surface area contributed by atoms with Gasteiger partial charge in [0.1, 0.15) is 0 Å². The summed E-state index contributed by atoms with van der Waals surface area (Å²) in [5.74, 6) is 0. The highest BCUT2D eigenvalue weighted by molar-refractivity contribution is 5.51. The average molecular weight is 179 g/mol. The Hall–Kier alpha value is -1.02. The number of ether oxygens (including phenoxy) is 1. The lowest BCUT2D eigenvalue weighted by Gasteiger charge is -2.08. The lowest BCUT2D eigenvalue weighted by molar-refractivity contribution is 0.134. The third-order valence-corrected chi connectivity index (χ3v) is 2.04. The molecule has 0 heterocycles. The molecule has 0 saturated carbocycles. The summed E-state index contributed by atoms with van der Waals surface area (Å²) in [5.41, 5.74) is 3.66. The van der Waals surface area contributed by atoms with Crippen LogP contribution in [-0.2, 0) is 11.3 Å². The molecular weight excluding hydrogens is 162 g/mol. The molecule has 1 aromatic rings. The van der Waals surface area contributed by atoms with Gasteiger partial charge in [-0.2, -0.15) is 0 Å². The number of hydrogen-bond acceptors (Lipinski definition) is 2. The van der Waals surface area contributed by atoms with Gasteiger partial charge in [-0.1, -0.05) is 12.1 Å². The highest BCUT2D eigenvalue weighted by Gasteiger charge is 1.97. The molecule has 2 heteroatoms. The summed E-state index contributed by atoms with van der Waals surface area (Å²) in [4.78, 5) is 0. The van der Waals surface area contributed by atoms with E-state index in [0.29, 0.717) is 6.61 Å². The van der Waals surface area contributed by atoms with Crippen LogP contribution in [0.25, 0.3) is 0 Å². The minimum absolute atomic E-state index is 0.700. The zero-order valence-electron chi connectivity index (χ0n) is 8.55. The number of rotatable bonds is 4. The van der Waals surface area contributed by atoms with Gasteiger partial charge in [-0.25, -0.2) is 0 Å². The fraction of sp³-hybridized carbons (Fsp3) is 0.455. The Morgan fingerprint density at radius 2 is 2.15 bits per heavy atom. The van der Waals surface area contributed by atoms with Gasteiger partial charge >= 0.3 is 0 Å². The molecule has 0 unspecified atom stereocenters. The molecule has 72 valence electrons. The monoisotopic (exact) mass is 179 g/mol. The van der Waals surface area contributed by atoms with Gasteiger partial charge in [-0.3, -0.25) is 0 Å². The van der Waals surface area contributed by atoms with Crippen molar-refractivity contribution in [1.82, 2.24) is 0 Å². The van der Waals surface area contributed by atoms with Crippen LogP contribution in [0.2, 0.25) is 0 Å². The molecule has 0 aliphatic heterocycles. The average Bonchev–Trinajstić information content (AvgIpc) is 2.16. The summed E-state index contributed by atoms with van der Waals surface area (Å²) in [6, 6.07) is 6.34. The molecule has 1 N–H and O–H groups in total. The molecule has 0 aromatic heterocycles. The van der Waals surface area contributed by atoms with Gasteiger partial charge in [0.15, 0.2) is 0 Å². The summed E-state index contributed by atoms with van der Waals surface area (Å²) >= 11 is 0. The molecular formula is C11H17NO. The van der Waals surface area contributed by atoms with Crippen molar-refractivity contribution >= 4 is 5.69 Å². The Morgan fingerprint density at radius 3 is 2.77 bits per heavy atom. The Labute approximate surface area is 79.9 Å². The normalized spacial score (nSPS) is 10.1. The predicted octanol–water partition coefficient (Wildman–Crippen LogP) is 2.57. The van der Waals surface area contributed by atoms with Crippen LogP contribution >= 0.6 is 0 Å². The molecule has 13 heavy (non-hydrogen) atoms. The first-order chi connectivity index (χ1) is 6.27. The summed E-state index contributed by atoms with van der Waals surface area (Å²) in [5, 5.41) is 3.16. The van der Waals surface area contributed by atoms with E-state index >= 15 is 0 Å². The standard InChI is InChI=1S/C11H17NO/c1-4-13-8-10-6-5-9(2)11(7-10)12-3/h5-7,12H,4,8H2,1-3H3. The number of hydrogen-bond donors (Lipinski definition) is 1. The van der Waals surface area contributed by atoms with E-state index in [1.807, 2.05) is 14.0 Å². The second-order valence-electron chi connectivity index (χ2n) is 3.04. The fourth-order valence-electron chi connectivity index (χ4n) is 1.25. The molecule has 0 bridgehead atoms. The van der Waals surface area contributed by atoms with Crippen LogP contribution in [0, 0.1) is 6.92 Å². The largest absolute Gasteiger partial charge is 0.388 e. The van der Waals surface area contributed by atoms with Crippen molar-refractivity contribution < 1.29 is 4.74 Å². The molecule has 0 atom stereocenters. The summed E-state index contributed by atoms with van der Waals surface area (Å²) < 4.78 is 5.33. The number of aryl methyl sites for hydroxylation is 1. The van der Waals surface area contributed by atoms with Gasteiger partial charge in [0.25, 0.3) is 0 Å². The molecule has 0 fully saturated rings. The van der Waals surface area contributed by atoms with Crippen LogP contribution in [0.1, 0.15) is 18.1 Å². The Bertz CT molecular complexity index is 271.